The number of likely N-dealkylation sites (tertiary alicyclic amines) is 1. The summed E-state index contributed by atoms with van der Waals surface area (Å²) in [6, 6.07) is -0.0645. The molecule has 7 nitrogen and oxygen atoms in total. The lowest BCUT2D eigenvalue weighted by Gasteiger charge is -2.14. The number of ether oxygens (including phenoxy) is 1. The molecule has 8 heteroatoms. The maximum Gasteiger partial charge on any atom is 0.407 e. The van der Waals surface area contributed by atoms with E-state index < -0.39 is 11.9 Å². The first-order chi connectivity index (χ1) is 9.61. The molecule has 1 aromatic heterocycles. The van der Waals surface area contributed by atoms with Gasteiger partial charge in [-0.2, -0.15) is 9.37 Å². The Morgan fingerprint density at radius 2 is 2.30 bits per heavy atom. The Labute approximate surface area is 114 Å². The molecule has 20 heavy (non-hydrogen) atoms. The van der Waals surface area contributed by atoms with Crippen LogP contribution in [0.15, 0.2) is 6.20 Å². The van der Waals surface area contributed by atoms with Crippen molar-refractivity contribution in [3.63, 3.8) is 0 Å². The van der Waals surface area contributed by atoms with Gasteiger partial charge in [0, 0.05) is 19.1 Å². The lowest BCUT2D eigenvalue weighted by Crippen LogP contribution is -2.30. The zero-order valence-electron chi connectivity index (χ0n) is 10.8. The number of hydrogen-bond donors (Lipinski definition) is 2. The standard InChI is InChI=1S/C12H15FN4O3/c13-9-5-14-11(16-10(9)20-8-1-2-8)15-7-3-4-17(6-7)12(18)19/h5,7-8H,1-4,6H2,(H,18,19)(H,14,15,16). The van der Waals surface area contributed by atoms with Crippen molar-refractivity contribution in [2.75, 3.05) is 18.4 Å². The van der Waals surface area contributed by atoms with Gasteiger partial charge in [-0.05, 0) is 19.3 Å². The third-order valence-corrected chi connectivity index (χ3v) is 3.31. The number of nitrogens with zero attached hydrogens (tertiary/aromatic N) is 3. The quantitative estimate of drug-likeness (QED) is 0.866. The Bertz CT molecular complexity index is 523. The molecule has 1 aliphatic heterocycles. The van der Waals surface area contributed by atoms with Gasteiger partial charge in [0.1, 0.15) is 6.10 Å². The third-order valence-electron chi connectivity index (χ3n) is 3.31. The average molecular weight is 282 g/mol. The third kappa shape index (κ3) is 2.89. The highest BCUT2D eigenvalue weighted by atomic mass is 19.1. The highest BCUT2D eigenvalue weighted by molar-refractivity contribution is 5.65. The molecule has 0 spiro atoms. The number of aromatic nitrogens is 2. The highest BCUT2D eigenvalue weighted by Crippen LogP contribution is 2.27. The zero-order valence-corrected chi connectivity index (χ0v) is 10.8. The molecule has 108 valence electrons. The summed E-state index contributed by atoms with van der Waals surface area (Å²) in [6.07, 6.45) is 2.70. The van der Waals surface area contributed by atoms with E-state index >= 15 is 0 Å². The Balaban J connectivity index is 1.63. The first-order valence-corrected chi connectivity index (χ1v) is 6.55. The topological polar surface area (TPSA) is 87.6 Å². The molecule has 3 rings (SSSR count). The summed E-state index contributed by atoms with van der Waals surface area (Å²) in [5, 5.41) is 11.9. The van der Waals surface area contributed by atoms with Gasteiger partial charge in [-0.1, -0.05) is 0 Å². The first-order valence-electron chi connectivity index (χ1n) is 6.55. The average Bonchev–Trinajstić information content (AvgIpc) is 3.09. The van der Waals surface area contributed by atoms with E-state index in [1.165, 1.54) is 4.90 Å². The van der Waals surface area contributed by atoms with E-state index in [2.05, 4.69) is 15.3 Å². The van der Waals surface area contributed by atoms with Crippen LogP contribution in [0.3, 0.4) is 0 Å². The Hall–Kier alpha value is -2.12. The van der Waals surface area contributed by atoms with Crippen LogP contribution < -0.4 is 10.1 Å². The van der Waals surface area contributed by atoms with Crippen molar-refractivity contribution >= 4 is 12.0 Å². The number of anilines is 1. The highest BCUT2D eigenvalue weighted by Gasteiger charge is 2.28. The van der Waals surface area contributed by atoms with Gasteiger partial charge in [0.05, 0.1) is 6.20 Å². The second-order valence-electron chi connectivity index (χ2n) is 5.02. The van der Waals surface area contributed by atoms with Gasteiger partial charge < -0.3 is 20.1 Å². The molecule has 2 heterocycles. The minimum Gasteiger partial charge on any atom is -0.472 e. The van der Waals surface area contributed by atoms with E-state index in [9.17, 15) is 9.18 Å². The fourth-order valence-electron chi connectivity index (χ4n) is 2.08. The van der Waals surface area contributed by atoms with Crippen LogP contribution in [0.5, 0.6) is 5.88 Å². The van der Waals surface area contributed by atoms with Crippen LogP contribution >= 0.6 is 0 Å². The summed E-state index contributed by atoms with van der Waals surface area (Å²) < 4.78 is 18.8. The molecular formula is C12H15FN4O3. The molecule has 1 amide bonds. The lowest BCUT2D eigenvalue weighted by atomic mass is 10.3. The number of halogens is 1. The molecule has 1 unspecified atom stereocenters. The zero-order chi connectivity index (χ0) is 14.1. The summed E-state index contributed by atoms with van der Waals surface area (Å²) in [5.41, 5.74) is 0. The van der Waals surface area contributed by atoms with Crippen molar-refractivity contribution in [3.05, 3.63) is 12.0 Å². The minimum absolute atomic E-state index is 0.0434. The van der Waals surface area contributed by atoms with E-state index in [1.807, 2.05) is 0 Å². The van der Waals surface area contributed by atoms with Gasteiger partial charge >= 0.3 is 6.09 Å². The Morgan fingerprint density at radius 1 is 1.50 bits per heavy atom. The van der Waals surface area contributed by atoms with Crippen molar-refractivity contribution < 1.29 is 19.0 Å². The van der Waals surface area contributed by atoms with Crippen LogP contribution in [-0.2, 0) is 0 Å². The van der Waals surface area contributed by atoms with Crippen LogP contribution in [-0.4, -0.2) is 51.3 Å². The molecule has 1 saturated heterocycles. The molecule has 2 aliphatic rings. The van der Waals surface area contributed by atoms with Crippen molar-refractivity contribution in [3.8, 4) is 5.88 Å². The second kappa shape index (κ2) is 5.10. The summed E-state index contributed by atoms with van der Waals surface area (Å²) in [4.78, 5) is 20.0. The fraction of sp³-hybridized carbons (Fsp3) is 0.583. The van der Waals surface area contributed by atoms with Crippen LogP contribution in [0.25, 0.3) is 0 Å². The van der Waals surface area contributed by atoms with Crippen LogP contribution in [0.4, 0.5) is 15.1 Å². The van der Waals surface area contributed by atoms with Gasteiger partial charge in [-0.3, -0.25) is 0 Å². The molecule has 0 aromatic carbocycles. The molecule has 1 atom stereocenters. The van der Waals surface area contributed by atoms with Crippen molar-refractivity contribution in [1.29, 1.82) is 0 Å². The van der Waals surface area contributed by atoms with Crippen molar-refractivity contribution in [1.82, 2.24) is 14.9 Å². The van der Waals surface area contributed by atoms with Gasteiger partial charge in [-0.15, -0.1) is 0 Å². The van der Waals surface area contributed by atoms with Gasteiger partial charge in [-0.25, -0.2) is 9.78 Å². The summed E-state index contributed by atoms with van der Waals surface area (Å²) in [6.45, 7) is 0.842. The number of carboxylic acid groups (broad SMARTS) is 1. The van der Waals surface area contributed by atoms with Crippen LogP contribution in [0.2, 0.25) is 0 Å². The van der Waals surface area contributed by atoms with Gasteiger partial charge in [0.25, 0.3) is 5.88 Å². The summed E-state index contributed by atoms with van der Waals surface area (Å²) in [7, 11) is 0. The van der Waals surface area contributed by atoms with E-state index in [0.717, 1.165) is 19.0 Å². The SMILES string of the molecule is O=C(O)N1CCC(Nc2ncc(F)c(OC3CC3)n2)C1. The van der Waals surface area contributed by atoms with Gasteiger partial charge in [0.2, 0.25) is 11.8 Å². The number of rotatable bonds is 4. The number of nitrogens with one attached hydrogen (secondary N) is 1. The van der Waals surface area contributed by atoms with Crippen molar-refractivity contribution in [2.45, 2.75) is 31.4 Å². The Morgan fingerprint density at radius 3 is 2.95 bits per heavy atom. The molecular weight excluding hydrogens is 267 g/mol. The monoisotopic (exact) mass is 282 g/mol. The maximum absolute atomic E-state index is 13.5. The molecule has 0 radical (unpaired) electrons. The number of carbonyl (C=O) groups is 1. The lowest BCUT2D eigenvalue weighted by molar-refractivity contribution is 0.155. The first kappa shape index (κ1) is 12.9. The molecule has 1 aromatic rings. The van der Waals surface area contributed by atoms with E-state index in [-0.39, 0.29) is 24.0 Å². The predicted molar refractivity (Wildman–Crippen MR) is 67.3 cm³/mol. The van der Waals surface area contributed by atoms with Crippen LogP contribution in [0.1, 0.15) is 19.3 Å². The Kier molecular flexibility index (Phi) is 3.29. The summed E-state index contributed by atoms with van der Waals surface area (Å²) >= 11 is 0. The smallest absolute Gasteiger partial charge is 0.407 e. The largest absolute Gasteiger partial charge is 0.472 e. The number of amides is 1. The molecule has 0 bridgehead atoms. The van der Waals surface area contributed by atoms with E-state index in [1.54, 1.807) is 0 Å². The van der Waals surface area contributed by atoms with Crippen LogP contribution in [0, 0.1) is 5.82 Å². The molecule has 2 fully saturated rings. The molecule has 1 aliphatic carbocycles. The van der Waals surface area contributed by atoms with E-state index in [0.29, 0.717) is 19.5 Å². The summed E-state index contributed by atoms with van der Waals surface area (Å²) in [5.74, 6) is -0.363. The molecule has 1 saturated carbocycles. The van der Waals surface area contributed by atoms with Crippen molar-refractivity contribution in [2.24, 2.45) is 0 Å². The van der Waals surface area contributed by atoms with Gasteiger partial charge in [0.15, 0.2) is 0 Å². The predicted octanol–water partition coefficient (Wildman–Crippen LogP) is 1.32. The maximum atomic E-state index is 13.5. The fourth-order valence-corrected chi connectivity index (χ4v) is 2.08. The minimum atomic E-state index is -0.938. The van der Waals surface area contributed by atoms with E-state index in [4.69, 9.17) is 9.84 Å². The number of hydrogen-bond acceptors (Lipinski definition) is 5. The molecule has 2 N–H and O–H groups in total. The normalized spacial score (nSPS) is 21.9. The second-order valence-corrected chi connectivity index (χ2v) is 5.02.